The molecule has 0 radical (unpaired) electrons. The Morgan fingerprint density at radius 2 is 1.89 bits per heavy atom. The summed E-state index contributed by atoms with van der Waals surface area (Å²) in [6.45, 7) is 0.574. The van der Waals surface area contributed by atoms with Crippen molar-refractivity contribution in [1.82, 2.24) is 0 Å². The van der Waals surface area contributed by atoms with Crippen molar-refractivity contribution < 1.29 is 24.0 Å². The lowest BCUT2D eigenvalue weighted by molar-refractivity contribution is -0.384. The van der Waals surface area contributed by atoms with Gasteiger partial charge < -0.3 is 14.8 Å². The summed E-state index contributed by atoms with van der Waals surface area (Å²) in [5, 5.41) is 22.1. The van der Waals surface area contributed by atoms with Gasteiger partial charge in [0.15, 0.2) is 13.2 Å². The number of ether oxygens (including phenoxy) is 2. The smallest absolute Gasteiger partial charge is 0.344 e. The van der Waals surface area contributed by atoms with Gasteiger partial charge >= 0.3 is 5.97 Å². The third-order valence-electron chi connectivity index (χ3n) is 3.42. The minimum Gasteiger partial charge on any atom is -0.482 e. The van der Waals surface area contributed by atoms with E-state index < -0.39 is 30.0 Å². The van der Waals surface area contributed by atoms with Gasteiger partial charge in [-0.3, -0.25) is 14.9 Å². The number of nitrogens with zero attached hydrogens (tertiary/aromatic N) is 2. The minimum atomic E-state index is -0.784. The fourth-order valence-corrected chi connectivity index (χ4v) is 2.10. The zero-order valence-electron chi connectivity index (χ0n) is 14.3. The van der Waals surface area contributed by atoms with Crippen LogP contribution in [0, 0.1) is 28.4 Å². The van der Waals surface area contributed by atoms with Crippen molar-refractivity contribution in [3.63, 3.8) is 0 Å². The number of hydrogen-bond acceptors (Lipinski definition) is 7. The van der Waals surface area contributed by atoms with Crippen LogP contribution in [0.25, 0.3) is 0 Å². The van der Waals surface area contributed by atoms with Crippen LogP contribution in [-0.2, 0) is 14.3 Å². The summed E-state index contributed by atoms with van der Waals surface area (Å²) in [6.07, 6.45) is 0. The maximum Gasteiger partial charge on any atom is 0.344 e. The van der Waals surface area contributed by atoms with E-state index in [1.54, 1.807) is 13.0 Å². The molecule has 1 N–H and O–H groups in total. The summed E-state index contributed by atoms with van der Waals surface area (Å²) in [4.78, 5) is 34.0. The second kappa shape index (κ2) is 8.96. The zero-order valence-corrected chi connectivity index (χ0v) is 14.3. The molecule has 0 aliphatic carbocycles. The summed E-state index contributed by atoms with van der Waals surface area (Å²) < 4.78 is 9.97. The summed E-state index contributed by atoms with van der Waals surface area (Å²) in [5.41, 5.74) is 0.760. The fourth-order valence-electron chi connectivity index (χ4n) is 2.10. The molecular weight excluding hydrogens is 354 g/mol. The standard InChI is InChI=1S/C18H15N3O6/c1-12-3-2-4-15(21(24)25)18(12)20-16(22)10-27-17(23)11-26-14-7-5-13(9-19)6-8-14/h2-8H,10-11H2,1H3,(H,20,22). The molecule has 2 aromatic rings. The lowest BCUT2D eigenvalue weighted by atomic mass is 10.1. The van der Waals surface area contributed by atoms with Crippen LogP contribution in [0.4, 0.5) is 11.4 Å². The van der Waals surface area contributed by atoms with E-state index in [0.29, 0.717) is 16.9 Å². The second-order valence-electron chi connectivity index (χ2n) is 5.36. The van der Waals surface area contributed by atoms with Crippen molar-refractivity contribution in [3.8, 4) is 11.8 Å². The lowest BCUT2D eigenvalue weighted by Gasteiger charge is -2.10. The third-order valence-corrected chi connectivity index (χ3v) is 3.42. The van der Waals surface area contributed by atoms with E-state index in [2.05, 4.69) is 5.32 Å². The number of nitro groups is 1. The predicted molar refractivity (Wildman–Crippen MR) is 94.1 cm³/mol. The highest BCUT2D eigenvalue weighted by Crippen LogP contribution is 2.27. The van der Waals surface area contributed by atoms with Crippen molar-refractivity contribution in [2.75, 3.05) is 18.5 Å². The number of nitriles is 1. The van der Waals surface area contributed by atoms with Gasteiger partial charge in [-0.15, -0.1) is 0 Å². The number of carbonyl (C=O) groups excluding carboxylic acids is 2. The average molecular weight is 369 g/mol. The molecule has 27 heavy (non-hydrogen) atoms. The molecule has 1 amide bonds. The van der Waals surface area contributed by atoms with Gasteiger partial charge in [-0.2, -0.15) is 5.26 Å². The SMILES string of the molecule is Cc1cccc([N+](=O)[O-])c1NC(=O)COC(=O)COc1ccc(C#N)cc1. The molecule has 0 saturated carbocycles. The molecule has 0 unspecified atom stereocenters. The second-order valence-corrected chi connectivity index (χ2v) is 5.36. The fraction of sp³-hybridized carbons (Fsp3) is 0.167. The molecule has 2 rings (SSSR count). The Balaban J connectivity index is 1.84. The Morgan fingerprint density at radius 1 is 1.19 bits per heavy atom. The highest BCUT2D eigenvalue weighted by molar-refractivity contribution is 5.95. The number of amides is 1. The molecular formula is C18H15N3O6. The van der Waals surface area contributed by atoms with Crippen molar-refractivity contribution in [2.45, 2.75) is 6.92 Å². The maximum absolute atomic E-state index is 11.9. The van der Waals surface area contributed by atoms with Crippen molar-refractivity contribution in [3.05, 3.63) is 63.7 Å². The van der Waals surface area contributed by atoms with Gasteiger partial charge in [0.25, 0.3) is 11.6 Å². The number of nitro benzene ring substituents is 1. The van der Waals surface area contributed by atoms with Gasteiger partial charge in [-0.05, 0) is 36.8 Å². The summed E-state index contributed by atoms with van der Waals surface area (Å²) in [7, 11) is 0. The quantitative estimate of drug-likeness (QED) is 0.450. The molecule has 0 aromatic heterocycles. The van der Waals surface area contributed by atoms with Crippen LogP contribution in [0.5, 0.6) is 5.75 Å². The Morgan fingerprint density at radius 3 is 2.52 bits per heavy atom. The molecule has 0 bridgehead atoms. The number of para-hydroxylation sites is 1. The lowest BCUT2D eigenvalue weighted by Crippen LogP contribution is -2.24. The molecule has 0 aliphatic heterocycles. The van der Waals surface area contributed by atoms with Gasteiger partial charge in [0.05, 0.1) is 16.6 Å². The Kier molecular flexibility index (Phi) is 6.44. The van der Waals surface area contributed by atoms with Gasteiger partial charge in [0.2, 0.25) is 0 Å². The van der Waals surface area contributed by atoms with Crippen LogP contribution >= 0.6 is 0 Å². The van der Waals surface area contributed by atoms with E-state index in [1.807, 2.05) is 6.07 Å². The molecule has 0 aliphatic rings. The van der Waals surface area contributed by atoms with E-state index in [9.17, 15) is 19.7 Å². The van der Waals surface area contributed by atoms with Crippen LogP contribution < -0.4 is 10.1 Å². The molecule has 0 atom stereocenters. The van der Waals surface area contributed by atoms with Crippen LogP contribution in [-0.4, -0.2) is 30.0 Å². The van der Waals surface area contributed by atoms with Gasteiger partial charge in [0.1, 0.15) is 11.4 Å². The average Bonchev–Trinajstić information content (AvgIpc) is 2.66. The Hall–Kier alpha value is -3.93. The molecule has 2 aromatic carbocycles. The topological polar surface area (TPSA) is 132 Å². The van der Waals surface area contributed by atoms with Gasteiger partial charge in [0, 0.05) is 6.07 Å². The third kappa shape index (κ3) is 5.54. The number of nitrogens with one attached hydrogen (secondary N) is 1. The highest BCUT2D eigenvalue weighted by Gasteiger charge is 2.18. The Labute approximate surface area is 154 Å². The first kappa shape index (κ1) is 19.4. The van der Waals surface area contributed by atoms with Gasteiger partial charge in [-0.1, -0.05) is 12.1 Å². The van der Waals surface area contributed by atoms with Crippen molar-refractivity contribution in [1.29, 1.82) is 5.26 Å². The molecule has 138 valence electrons. The normalized spacial score (nSPS) is 9.78. The largest absolute Gasteiger partial charge is 0.482 e. The summed E-state index contributed by atoms with van der Waals surface area (Å²) >= 11 is 0. The van der Waals surface area contributed by atoms with E-state index in [-0.39, 0.29) is 11.4 Å². The number of rotatable bonds is 7. The molecule has 9 nitrogen and oxygen atoms in total. The number of hydrogen-bond donors (Lipinski definition) is 1. The van der Waals surface area contributed by atoms with Gasteiger partial charge in [-0.25, -0.2) is 4.79 Å². The van der Waals surface area contributed by atoms with E-state index >= 15 is 0 Å². The Bertz CT molecular complexity index is 902. The zero-order chi connectivity index (χ0) is 19.8. The molecule has 0 fully saturated rings. The molecule has 0 spiro atoms. The first-order valence-corrected chi connectivity index (χ1v) is 7.73. The van der Waals surface area contributed by atoms with Crippen LogP contribution in [0.1, 0.15) is 11.1 Å². The first-order valence-electron chi connectivity index (χ1n) is 7.73. The van der Waals surface area contributed by atoms with Crippen LogP contribution in [0.2, 0.25) is 0 Å². The minimum absolute atomic E-state index is 0.0531. The van der Waals surface area contributed by atoms with Crippen molar-refractivity contribution in [2.24, 2.45) is 0 Å². The number of anilines is 1. The number of esters is 1. The highest BCUT2D eigenvalue weighted by atomic mass is 16.6. The van der Waals surface area contributed by atoms with Crippen LogP contribution in [0.3, 0.4) is 0 Å². The number of aryl methyl sites for hydroxylation is 1. The van der Waals surface area contributed by atoms with E-state index in [1.165, 1.54) is 36.4 Å². The molecule has 9 heteroatoms. The summed E-state index contributed by atoms with van der Waals surface area (Å²) in [6, 6.07) is 12.4. The number of benzene rings is 2. The first-order chi connectivity index (χ1) is 12.9. The van der Waals surface area contributed by atoms with Crippen LogP contribution in [0.15, 0.2) is 42.5 Å². The maximum atomic E-state index is 11.9. The monoisotopic (exact) mass is 369 g/mol. The molecule has 0 heterocycles. The number of carbonyl (C=O) groups is 2. The van der Waals surface area contributed by atoms with Crippen molar-refractivity contribution >= 4 is 23.3 Å². The van der Waals surface area contributed by atoms with E-state index in [4.69, 9.17) is 14.7 Å². The summed E-state index contributed by atoms with van der Waals surface area (Å²) in [5.74, 6) is -1.13. The van der Waals surface area contributed by atoms with E-state index in [0.717, 1.165) is 0 Å². The molecule has 0 saturated heterocycles. The predicted octanol–water partition coefficient (Wildman–Crippen LogP) is 2.34.